The zero-order valence-electron chi connectivity index (χ0n) is 22.6. The van der Waals surface area contributed by atoms with Crippen LogP contribution in [0.4, 0.5) is 0 Å². The molecule has 8 bridgehead atoms. The Labute approximate surface area is 225 Å². The Morgan fingerprint density at radius 3 is 1.61 bits per heavy atom. The minimum absolute atomic E-state index is 0.181. The van der Waals surface area contributed by atoms with Gasteiger partial charge in [0.15, 0.2) is 5.82 Å². The Hall–Kier alpha value is -2.56. The fourth-order valence-electron chi connectivity index (χ4n) is 11.1. The standard InChI is InChI=1S/C33H39N5/c1-20-5-6-38(37-20)28-4-2-3-27(13-28)29-34-30(32-14-21-7-22(15-32)9-23(8-21)16-32)36-31(35-29)33-17-24-10-25(18-33)12-26(11-24)19-33/h2-6,13,21-26H,7-12,14-19H2,1H3. The van der Waals surface area contributed by atoms with Crippen molar-refractivity contribution in [2.45, 2.75) is 94.8 Å². The van der Waals surface area contributed by atoms with Crippen LogP contribution in [0, 0.1) is 42.4 Å². The Morgan fingerprint density at radius 2 is 1.16 bits per heavy atom. The molecule has 8 aliphatic carbocycles. The lowest BCUT2D eigenvalue weighted by Crippen LogP contribution is -2.51. The Balaban J connectivity index is 1.20. The maximum absolute atomic E-state index is 5.58. The van der Waals surface area contributed by atoms with Crippen molar-refractivity contribution in [3.63, 3.8) is 0 Å². The van der Waals surface area contributed by atoms with Gasteiger partial charge in [-0.05, 0) is 138 Å². The van der Waals surface area contributed by atoms with Crippen molar-refractivity contribution in [1.29, 1.82) is 0 Å². The van der Waals surface area contributed by atoms with Crippen LogP contribution in [0.2, 0.25) is 0 Å². The van der Waals surface area contributed by atoms with Crippen LogP contribution < -0.4 is 0 Å². The molecule has 8 aliphatic rings. The summed E-state index contributed by atoms with van der Waals surface area (Å²) in [5.74, 6) is 8.53. The second kappa shape index (κ2) is 7.76. The van der Waals surface area contributed by atoms with Gasteiger partial charge in [-0.3, -0.25) is 0 Å². The molecule has 8 fully saturated rings. The first kappa shape index (κ1) is 22.3. The van der Waals surface area contributed by atoms with Gasteiger partial charge in [-0.15, -0.1) is 0 Å². The highest BCUT2D eigenvalue weighted by atomic mass is 15.3. The van der Waals surface area contributed by atoms with Gasteiger partial charge < -0.3 is 0 Å². The molecule has 5 heteroatoms. The predicted molar refractivity (Wildman–Crippen MR) is 147 cm³/mol. The van der Waals surface area contributed by atoms with Crippen molar-refractivity contribution >= 4 is 0 Å². The van der Waals surface area contributed by atoms with E-state index in [1.807, 2.05) is 17.8 Å². The van der Waals surface area contributed by atoms with E-state index in [1.54, 1.807) is 0 Å². The molecule has 11 rings (SSSR count). The summed E-state index contributed by atoms with van der Waals surface area (Å²) in [6.45, 7) is 2.04. The van der Waals surface area contributed by atoms with Crippen LogP contribution in [0.3, 0.4) is 0 Å². The second-order valence-corrected chi connectivity index (χ2v) is 14.7. The zero-order valence-corrected chi connectivity index (χ0v) is 22.6. The molecule has 0 amide bonds. The molecule has 0 atom stereocenters. The topological polar surface area (TPSA) is 56.5 Å². The summed E-state index contributed by atoms with van der Waals surface area (Å²) in [5.41, 5.74) is 3.57. The molecule has 2 heterocycles. The lowest BCUT2D eigenvalue weighted by Gasteiger charge is -2.57. The Kier molecular flexibility index (Phi) is 4.55. The van der Waals surface area contributed by atoms with Gasteiger partial charge in [-0.1, -0.05) is 12.1 Å². The Bertz CT molecular complexity index is 1290. The molecule has 0 spiro atoms. The van der Waals surface area contributed by atoms with Crippen molar-refractivity contribution < 1.29 is 0 Å². The lowest BCUT2D eigenvalue weighted by atomic mass is 9.49. The van der Waals surface area contributed by atoms with Crippen LogP contribution in [0.15, 0.2) is 36.5 Å². The molecule has 5 nitrogen and oxygen atoms in total. The molecule has 0 saturated heterocycles. The third kappa shape index (κ3) is 3.35. The van der Waals surface area contributed by atoms with Crippen LogP contribution in [0.5, 0.6) is 0 Å². The van der Waals surface area contributed by atoms with Crippen molar-refractivity contribution in [2.24, 2.45) is 35.5 Å². The maximum atomic E-state index is 5.58. The molecule has 0 aliphatic heterocycles. The van der Waals surface area contributed by atoms with Gasteiger partial charge in [0.05, 0.1) is 11.4 Å². The molecule has 196 valence electrons. The molecule has 0 N–H and O–H groups in total. The molecule has 38 heavy (non-hydrogen) atoms. The number of rotatable bonds is 4. The first-order chi connectivity index (χ1) is 18.5. The van der Waals surface area contributed by atoms with Crippen LogP contribution in [-0.4, -0.2) is 24.7 Å². The number of hydrogen-bond donors (Lipinski definition) is 0. The van der Waals surface area contributed by atoms with E-state index in [4.69, 9.17) is 15.0 Å². The smallest absolute Gasteiger partial charge is 0.163 e. The minimum atomic E-state index is 0.181. The zero-order chi connectivity index (χ0) is 25.1. The van der Waals surface area contributed by atoms with Crippen LogP contribution >= 0.6 is 0 Å². The number of hydrogen-bond acceptors (Lipinski definition) is 4. The summed E-state index contributed by atoms with van der Waals surface area (Å²) in [4.78, 5) is 16.4. The van der Waals surface area contributed by atoms with Gasteiger partial charge in [0.2, 0.25) is 0 Å². The van der Waals surface area contributed by atoms with Crippen molar-refractivity contribution in [3.8, 4) is 17.1 Å². The summed E-state index contributed by atoms with van der Waals surface area (Å²) in [7, 11) is 0. The van der Waals surface area contributed by atoms with Gasteiger partial charge in [0.25, 0.3) is 0 Å². The van der Waals surface area contributed by atoms with E-state index in [1.165, 1.54) is 77.0 Å². The van der Waals surface area contributed by atoms with Gasteiger partial charge in [-0.25, -0.2) is 19.6 Å². The summed E-state index contributed by atoms with van der Waals surface area (Å²) in [6, 6.07) is 10.8. The molecule has 8 saturated carbocycles. The van der Waals surface area contributed by atoms with Gasteiger partial charge in [0, 0.05) is 22.6 Å². The molecular formula is C33H39N5. The molecular weight excluding hydrogens is 466 g/mol. The average Bonchev–Trinajstić information content (AvgIpc) is 3.33. The van der Waals surface area contributed by atoms with E-state index in [-0.39, 0.29) is 10.8 Å². The van der Waals surface area contributed by atoms with E-state index in [2.05, 4.69) is 35.4 Å². The summed E-state index contributed by atoms with van der Waals surface area (Å²) < 4.78 is 1.97. The highest BCUT2D eigenvalue weighted by Crippen LogP contribution is 2.62. The van der Waals surface area contributed by atoms with Gasteiger partial charge in [0.1, 0.15) is 11.6 Å². The fourth-order valence-corrected chi connectivity index (χ4v) is 11.1. The average molecular weight is 506 g/mol. The monoisotopic (exact) mass is 505 g/mol. The normalized spacial score (nSPS) is 40.2. The number of nitrogens with zero attached hydrogens (tertiary/aromatic N) is 5. The highest BCUT2D eigenvalue weighted by Gasteiger charge is 2.56. The molecule has 2 aromatic heterocycles. The van der Waals surface area contributed by atoms with Crippen LogP contribution in [0.25, 0.3) is 17.1 Å². The predicted octanol–water partition coefficient (Wildman–Crippen LogP) is 6.97. The highest BCUT2D eigenvalue weighted by molar-refractivity contribution is 5.59. The fraction of sp³-hybridized carbons (Fsp3) is 0.636. The molecule has 0 unspecified atom stereocenters. The van der Waals surface area contributed by atoms with Gasteiger partial charge in [-0.2, -0.15) is 5.10 Å². The summed E-state index contributed by atoms with van der Waals surface area (Å²) in [5, 5.41) is 4.67. The molecule has 0 radical (unpaired) electrons. The van der Waals surface area contributed by atoms with E-state index in [9.17, 15) is 0 Å². The van der Waals surface area contributed by atoms with Crippen molar-refractivity contribution in [3.05, 3.63) is 53.9 Å². The maximum Gasteiger partial charge on any atom is 0.163 e. The van der Waals surface area contributed by atoms with E-state index in [0.717, 1.165) is 69.9 Å². The SMILES string of the molecule is Cc1ccn(-c2cccc(-c3nc(C45CC6CC(CC(C6)C4)C5)nc(C45CC6CC(CC(C6)C4)C5)n3)c2)n1. The number of aryl methyl sites for hydroxylation is 1. The summed E-state index contributed by atoms with van der Waals surface area (Å²) >= 11 is 0. The van der Waals surface area contributed by atoms with E-state index in [0.29, 0.717) is 0 Å². The first-order valence-corrected chi connectivity index (χ1v) is 15.4. The molecule has 1 aromatic carbocycles. The van der Waals surface area contributed by atoms with Crippen molar-refractivity contribution in [1.82, 2.24) is 24.7 Å². The third-order valence-electron chi connectivity index (χ3n) is 11.8. The number of aromatic nitrogens is 5. The number of benzene rings is 1. The third-order valence-corrected chi connectivity index (χ3v) is 11.8. The van der Waals surface area contributed by atoms with E-state index >= 15 is 0 Å². The minimum Gasteiger partial charge on any atom is -0.241 e. The quantitative estimate of drug-likeness (QED) is 0.384. The summed E-state index contributed by atoms with van der Waals surface area (Å²) in [6.07, 6.45) is 18.5. The lowest BCUT2D eigenvalue weighted by molar-refractivity contribution is -0.0155. The van der Waals surface area contributed by atoms with Crippen LogP contribution in [0.1, 0.15) is 94.4 Å². The first-order valence-electron chi connectivity index (χ1n) is 15.4. The van der Waals surface area contributed by atoms with Crippen molar-refractivity contribution in [2.75, 3.05) is 0 Å². The Morgan fingerprint density at radius 1 is 0.658 bits per heavy atom. The van der Waals surface area contributed by atoms with Gasteiger partial charge >= 0.3 is 0 Å². The van der Waals surface area contributed by atoms with Crippen LogP contribution in [-0.2, 0) is 10.8 Å². The van der Waals surface area contributed by atoms with E-state index < -0.39 is 0 Å². The molecule has 3 aromatic rings. The largest absolute Gasteiger partial charge is 0.241 e. The second-order valence-electron chi connectivity index (χ2n) is 14.7.